The number of rotatable bonds is 4. The van der Waals surface area contributed by atoms with E-state index in [0.717, 1.165) is 19.3 Å². The van der Waals surface area contributed by atoms with Crippen LogP contribution in [0.1, 0.15) is 36.5 Å². The van der Waals surface area contributed by atoms with Gasteiger partial charge in [0, 0.05) is 12.1 Å². The average molecular weight is 273 g/mol. The number of carbonyl (C=O) groups excluding carboxylic acids is 1. The molecule has 2 heterocycles. The molecule has 1 unspecified atom stereocenters. The number of unbranched alkanes of at least 4 members (excludes halogenated alkanes) is 1. The number of fused-ring (bicyclic) bond motifs is 1. The summed E-state index contributed by atoms with van der Waals surface area (Å²) < 4.78 is 10.6. The fourth-order valence-electron chi connectivity index (χ4n) is 2.67. The Labute approximate surface area is 119 Å². The van der Waals surface area contributed by atoms with Gasteiger partial charge in [0.25, 0.3) is 5.91 Å². The van der Waals surface area contributed by atoms with Crippen molar-refractivity contribution in [1.82, 2.24) is 4.90 Å². The van der Waals surface area contributed by atoms with Gasteiger partial charge in [0.05, 0.1) is 6.04 Å². The van der Waals surface area contributed by atoms with E-state index in [-0.39, 0.29) is 18.7 Å². The number of nitrogens with zero attached hydrogens (tertiary/aromatic N) is 1. The molecule has 4 heteroatoms. The summed E-state index contributed by atoms with van der Waals surface area (Å²) >= 11 is 0. The molecule has 0 N–H and O–H groups in total. The van der Waals surface area contributed by atoms with Crippen LogP contribution in [-0.4, -0.2) is 30.2 Å². The zero-order chi connectivity index (χ0) is 13.9. The highest BCUT2D eigenvalue weighted by Crippen LogP contribution is 2.33. The summed E-state index contributed by atoms with van der Waals surface area (Å²) in [7, 11) is 0. The summed E-state index contributed by atoms with van der Waals surface area (Å²) in [5.74, 6) is 1.44. The number of hydrogen-bond donors (Lipinski definition) is 0. The highest BCUT2D eigenvalue weighted by atomic mass is 16.7. The highest BCUT2D eigenvalue weighted by molar-refractivity contribution is 5.95. The van der Waals surface area contributed by atoms with Crippen LogP contribution >= 0.6 is 0 Å². The lowest BCUT2D eigenvalue weighted by molar-refractivity contribution is 0.0743. The number of amides is 1. The van der Waals surface area contributed by atoms with Crippen LogP contribution in [0.15, 0.2) is 30.4 Å². The predicted molar refractivity (Wildman–Crippen MR) is 76.1 cm³/mol. The second-order valence-corrected chi connectivity index (χ2v) is 5.16. The third kappa shape index (κ3) is 2.38. The molecule has 0 spiro atoms. The first-order valence-electron chi connectivity index (χ1n) is 7.17. The van der Waals surface area contributed by atoms with Crippen molar-refractivity contribution in [3.05, 3.63) is 35.9 Å². The Morgan fingerprint density at radius 1 is 1.35 bits per heavy atom. The van der Waals surface area contributed by atoms with Crippen LogP contribution in [0.4, 0.5) is 0 Å². The van der Waals surface area contributed by atoms with Gasteiger partial charge in [-0.3, -0.25) is 4.79 Å². The van der Waals surface area contributed by atoms with Crippen LogP contribution in [0.3, 0.4) is 0 Å². The zero-order valence-electron chi connectivity index (χ0n) is 11.7. The van der Waals surface area contributed by atoms with Crippen molar-refractivity contribution in [2.24, 2.45) is 0 Å². The zero-order valence-corrected chi connectivity index (χ0v) is 11.7. The van der Waals surface area contributed by atoms with Crippen molar-refractivity contribution in [1.29, 1.82) is 0 Å². The maximum atomic E-state index is 12.6. The minimum Gasteiger partial charge on any atom is -0.454 e. The summed E-state index contributed by atoms with van der Waals surface area (Å²) in [5.41, 5.74) is 0.666. The smallest absolute Gasteiger partial charge is 0.254 e. The van der Waals surface area contributed by atoms with E-state index in [1.165, 1.54) is 0 Å². The number of hydrogen-bond acceptors (Lipinski definition) is 3. The molecule has 1 aromatic carbocycles. The standard InChI is InChI=1S/C16H19NO3/c1-2-3-5-13-6-4-9-17(13)16(18)12-7-8-14-15(10-12)20-11-19-14/h4,6-8,10,13H,2-3,5,9,11H2,1H3. The largest absolute Gasteiger partial charge is 0.454 e. The molecule has 1 atom stereocenters. The SMILES string of the molecule is CCCCC1C=CCN1C(=O)c1ccc2c(c1)OCO2. The molecule has 1 amide bonds. The van der Waals surface area contributed by atoms with E-state index in [9.17, 15) is 4.79 Å². The second kappa shape index (κ2) is 5.57. The summed E-state index contributed by atoms with van der Waals surface area (Å²) in [6, 6.07) is 5.62. The molecule has 0 radical (unpaired) electrons. The van der Waals surface area contributed by atoms with Gasteiger partial charge in [-0.05, 0) is 24.6 Å². The van der Waals surface area contributed by atoms with Crippen LogP contribution < -0.4 is 9.47 Å². The molecule has 1 aromatic rings. The molecule has 0 bridgehead atoms. The lowest BCUT2D eigenvalue weighted by atomic mass is 10.1. The molecule has 2 aliphatic rings. The van der Waals surface area contributed by atoms with E-state index in [0.29, 0.717) is 23.6 Å². The molecular formula is C16H19NO3. The van der Waals surface area contributed by atoms with E-state index < -0.39 is 0 Å². The molecule has 106 valence electrons. The quantitative estimate of drug-likeness (QED) is 0.792. The lowest BCUT2D eigenvalue weighted by Gasteiger charge is -2.24. The van der Waals surface area contributed by atoms with Crippen LogP contribution in [0.5, 0.6) is 11.5 Å². The molecule has 0 saturated heterocycles. The Balaban J connectivity index is 1.75. The molecule has 0 fully saturated rings. The van der Waals surface area contributed by atoms with Crippen LogP contribution in [-0.2, 0) is 0 Å². The van der Waals surface area contributed by atoms with Gasteiger partial charge in [-0.1, -0.05) is 31.9 Å². The second-order valence-electron chi connectivity index (χ2n) is 5.16. The van der Waals surface area contributed by atoms with Crippen LogP contribution in [0.25, 0.3) is 0 Å². The van der Waals surface area contributed by atoms with E-state index in [1.807, 2.05) is 11.0 Å². The maximum Gasteiger partial charge on any atom is 0.254 e. The summed E-state index contributed by atoms with van der Waals surface area (Å²) in [5, 5.41) is 0. The van der Waals surface area contributed by atoms with Gasteiger partial charge in [0.2, 0.25) is 6.79 Å². The highest BCUT2D eigenvalue weighted by Gasteiger charge is 2.26. The monoisotopic (exact) mass is 273 g/mol. The van der Waals surface area contributed by atoms with Crippen molar-refractivity contribution in [3.8, 4) is 11.5 Å². The van der Waals surface area contributed by atoms with Crippen molar-refractivity contribution >= 4 is 5.91 Å². The predicted octanol–water partition coefficient (Wildman–Crippen LogP) is 2.99. The number of carbonyl (C=O) groups is 1. The molecule has 0 aliphatic carbocycles. The van der Waals surface area contributed by atoms with Gasteiger partial charge < -0.3 is 14.4 Å². The average Bonchev–Trinajstić information content (AvgIpc) is 3.12. The van der Waals surface area contributed by atoms with Gasteiger partial charge in [-0.25, -0.2) is 0 Å². The minimum absolute atomic E-state index is 0.0643. The van der Waals surface area contributed by atoms with Crippen molar-refractivity contribution in [2.75, 3.05) is 13.3 Å². The summed E-state index contributed by atoms with van der Waals surface area (Å²) in [4.78, 5) is 14.5. The number of benzene rings is 1. The van der Waals surface area contributed by atoms with E-state index in [1.54, 1.807) is 12.1 Å². The topological polar surface area (TPSA) is 38.8 Å². The van der Waals surface area contributed by atoms with Gasteiger partial charge in [0.15, 0.2) is 11.5 Å². The van der Waals surface area contributed by atoms with E-state index >= 15 is 0 Å². The molecular weight excluding hydrogens is 254 g/mol. The molecule has 0 aromatic heterocycles. The molecule has 4 nitrogen and oxygen atoms in total. The van der Waals surface area contributed by atoms with Crippen LogP contribution in [0.2, 0.25) is 0 Å². The van der Waals surface area contributed by atoms with Gasteiger partial charge in [0.1, 0.15) is 0 Å². The molecule has 3 rings (SSSR count). The van der Waals surface area contributed by atoms with Gasteiger partial charge >= 0.3 is 0 Å². The van der Waals surface area contributed by atoms with E-state index in [2.05, 4.69) is 19.1 Å². The molecule has 20 heavy (non-hydrogen) atoms. The molecule has 0 saturated carbocycles. The normalized spacial score (nSPS) is 19.6. The number of ether oxygens (including phenoxy) is 2. The van der Waals surface area contributed by atoms with Crippen LogP contribution in [0, 0.1) is 0 Å². The van der Waals surface area contributed by atoms with E-state index in [4.69, 9.17) is 9.47 Å². The Hall–Kier alpha value is -1.97. The third-order valence-corrected chi connectivity index (χ3v) is 3.79. The van der Waals surface area contributed by atoms with Crippen molar-refractivity contribution < 1.29 is 14.3 Å². The van der Waals surface area contributed by atoms with Crippen molar-refractivity contribution in [2.45, 2.75) is 32.2 Å². The first-order valence-corrected chi connectivity index (χ1v) is 7.17. The lowest BCUT2D eigenvalue weighted by Crippen LogP contribution is -2.36. The van der Waals surface area contributed by atoms with Gasteiger partial charge in [-0.15, -0.1) is 0 Å². The Kier molecular flexibility index (Phi) is 3.63. The Bertz CT molecular complexity index is 539. The fraction of sp³-hybridized carbons (Fsp3) is 0.438. The fourth-order valence-corrected chi connectivity index (χ4v) is 2.67. The minimum atomic E-state index is 0.0643. The third-order valence-electron chi connectivity index (χ3n) is 3.79. The maximum absolute atomic E-state index is 12.6. The Morgan fingerprint density at radius 2 is 2.20 bits per heavy atom. The first-order chi connectivity index (χ1) is 9.79. The van der Waals surface area contributed by atoms with Gasteiger partial charge in [-0.2, -0.15) is 0 Å². The summed E-state index contributed by atoms with van der Waals surface area (Å²) in [6.07, 6.45) is 7.53. The first kappa shape index (κ1) is 13.0. The Morgan fingerprint density at radius 3 is 3.05 bits per heavy atom. The summed E-state index contributed by atoms with van der Waals surface area (Å²) in [6.45, 7) is 3.10. The molecule has 2 aliphatic heterocycles. The van der Waals surface area contributed by atoms with Crippen molar-refractivity contribution in [3.63, 3.8) is 0 Å².